The van der Waals surface area contributed by atoms with E-state index in [9.17, 15) is 0 Å². The summed E-state index contributed by atoms with van der Waals surface area (Å²) in [5.41, 5.74) is 3.17. The van der Waals surface area contributed by atoms with Gasteiger partial charge in [0.05, 0.1) is 10.7 Å². The van der Waals surface area contributed by atoms with Crippen LogP contribution >= 0.6 is 11.6 Å². The fraction of sp³-hybridized carbons (Fsp3) is 0.263. The second-order valence-corrected chi connectivity index (χ2v) is 6.63. The predicted molar refractivity (Wildman–Crippen MR) is 102 cm³/mol. The first-order valence-electron chi connectivity index (χ1n) is 8.32. The van der Waals surface area contributed by atoms with Gasteiger partial charge in [0.2, 0.25) is 0 Å². The van der Waals surface area contributed by atoms with E-state index in [2.05, 4.69) is 26.8 Å². The molecule has 1 aromatic heterocycles. The molecule has 1 fully saturated rings. The molecule has 1 saturated heterocycles. The zero-order chi connectivity index (χ0) is 17.2. The van der Waals surface area contributed by atoms with Crippen LogP contribution in [0.25, 0.3) is 11.1 Å². The monoisotopic (exact) mass is 354 g/mol. The van der Waals surface area contributed by atoms with Crippen LogP contribution in [-0.2, 0) is 0 Å². The van der Waals surface area contributed by atoms with E-state index in [4.69, 9.17) is 16.0 Å². The van der Waals surface area contributed by atoms with Gasteiger partial charge in [-0.2, -0.15) is 4.98 Å². The number of aliphatic imine (C=N–C) groups is 1. The Labute approximate surface area is 151 Å². The van der Waals surface area contributed by atoms with Gasteiger partial charge in [0.25, 0.3) is 6.01 Å². The van der Waals surface area contributed by atoms with Crippen molar-refractivity contribution in [2.45, 2.75) is 0 Å². The number of piperazine rings is 1. The number of aromatic nitrogens is 1. The lowest BCUT2D eigenvalue weighted by Gasteiger charge is -2.31. The fourth-order valence-corrected chi connectivity index (χ4v) is 3.05. The molecule has 6 heteroatoms. The van der Waals surface area contributed by atoms with Crippen molar-refractivity contribution in [1.29, 1.82) is 0 Å². The van der Waals surface area contributed by atoms with E-state index < -0.39 is 0 Å². The van der Waals surface area contributed by atoms with Crippen LogP contribution in [0.4, 0.5) is 11.7 Å². The summed E-state index contributed by atoms with van der Waals surface area (Å²) in [6, 6.07) is 14.2. The Balaban J connectivity index is 1.62. The van der Waals surface area contributed by atoms with Crippen molar-refractivity contribution in [3.05, 3.63) is 53.1 Å². The highest BCUT2D eigenvalue weighted by Crippen LogP contribution is 2.32. The highest BCUT2D eigenvalue weighted by molar-refractivity contribution is 6.33. The van der Waals surface area contributed by atoms with Crippen LogP contribution in [-0.4, -0.2) is 49.3 Å². The molecule has 128 valence electrons. The molecule has 2 heterocycles. The number of nitrogens with zero attached hydrogens (tertiary/aromatic N) is 4. The molecular weight excluding hydrogens is 336 g/mol. The Hall–Kier alpha value is -2.37. The lowest BCUT2D eigenvalue weighted by Crippen LogP contribution is -2.44. The molecule has 4 rings (SSSR count). The molecule has 0 spiro atoms. The van der Waals surface area contributed by atoms with Gasteiger partial charge in [-0.05, 0) is 18.7 Å². The van der Waals surface area contributed by atoms with E-state index in [0.717, 1.165) is 37.3 Å². The molecule has 1 aliphatic rings. The predicted octanol–water partition coefficient (Wildman–Crippen LogP) is 3.98. The third-order valence-corrected chi connectivity index (χ3v) is 4.67. The van der Waals surface area contributed by atoms with Crippen LogP contribution < -0.4 is 4.90 Å². The summed E-state index contributed by atoms with van der Waals surface area (Å²) in [6.07, 6.45) is 1.80. The maximum Gasteiger partial charge on any atom is 0.298 e. The average Bonchev–Trinajstić information content (AvgIpc) is 3.04. The van der Waals surface area contributed by atoms with Crippen molar-refractivity contribution >= 4 is 40.6 Å². The SMILES string of the molecule is CN1CCN(c2nc3cc(Cl)c(/N=C/c4ccccc4)cc3o2)CC1. The van der Waals surface area contributed by atoms with Gasteiger partial charge in [-0.1, -0.05) is 41.9 Å². The number of rotatable bonds is 3. The summed E-state index contributed by atoms with van der Waals surface area (Å²) >= 11 is 6.37. The molecule has 0 atom stereocenters. The van der Waals surface area contributed by atoms with Crippen molar-refractivity contribution in [2.24, 2.45) is 4.99 Å². The largest absolute Gasteiger partial charge is 0.423 e. The zero-order valence-electron chi connectivity index (χ0n) is 14.0. The molecule has 5 nitrogen and oxygen atoms in total. The van der Waals surface area contributed by atoms with Gasteiger partial charge >= 0.3 is 0 Å². The third kappa shape index (κ3) is 3.52. The van der Waals surface area contributed by atoms with Gasteiger partial charge < -0.3 is 14.2 Å². The molecule has 0 radical (unpaired) electrons. The smallest absolute Gasteiger partial charge is 0.298 e. The minimum atomic E-state index is 0.568. The van der Waals surface area contributed by atoms with Gasteiger partial charge in [0.15, 0.2) is 5.58 Å². The number of hydrogen-bond donors (Lipinski definition) is 0. The number of likely N-dealkylation sites (N-methyl/N-ethyl adjacent to an activating group) is 1. The Morgan fingerprint density at radius 3 is 2.64 bits per heavy atom. The minimum Gasteiger partial charge on any atom is -0.423 e. The number of halogens is 1. The average molecular weight is 355 g/mol. The van der Waals surface area contributed by atoms with E-state index in [1.807, 2.05) is 42.5 Å². The Kier molecular flexibility index (Phi) is 4.42. The number of benzene rings is 2. The normalized spacial score (nSPS) is 16.2. The molecule has 2 aromatic carbocycles. The minimum absolute atomic E-state index is 0.568. The van der Waals surface area contributed by atoms with Crippen molar-refractivity contribution < 1.29 is 4.42 Å². The number of fused-ring (bicyclic) bond motifs is 1. The molecule has 25 heavy (non-hydrogen) atoms. The van der Waals surface area contributed by atoms with Crippen LogP contribution in [0.1, 0.15) is 5.56 Å². The van der Waals surface area contributed by atoms with E-state index in [0.29, 0.717) is 22.3 Å². The molecule has 0 amide bonds. The fourth-order valence-electron chi connectivity index (χ4n) is 2.84. The van der Waals surface area contributed by atoms with Crippen LogP contribution in [0.3, 0.4) is 0 Å². The van der Waals surface area contributed by atoms with Crippen molar-refractivity contribution in [3.63, 3.8) is 0 Å². The van der Waals surface area contributed by atoms with E-state index in [-0.39, 0.29) is 0 Å². The molecule has 0 bridgehead atoms. The lowest BCUT2D eigenvalue weighted by atomic mass is 10.2. The molecule has 1 aliphatic heterocycles. The van der Waals surface area contributed by atoms with Crippen LogP contribution in [0, 0.1) is 0 Å². The first kappa shape index (κ1) is 16.1. The van der Waals surface area contributed by atoms with Crippen molar-refractivity contribution in [2.75, 3.05) is 38.1 Å². The van der Waals surface area contributed by atoms with Gasteiger partial charge in [-0.15, -0.1) is 0 Å². The Bertz CT molecular complexity index is 898. The number of hydrogen-bond acceptors (Lipinski definition) is 5. The molecule has 0 unspecified atom stereocenters. The van der Waals surface area contributed by atoms with E-state index in [1.54, 1.807) is 6.21 Å². The quantitative estimate of drug-likeness (QED) is 0.667. The maximum absolute atomic E-state index is 6.37. The molecule has 0 saturated carbocycles. The lowest BCUT2D eigenvalue weighted by molar-refractivity contribution is 0.305. The number of anilines is 1. The first-order valence-corrected chi connectivity index (χ1v) is 8.69. The third-order valence-electron chi connectivity index (χ3n) is 4.37. The van der Waals surface area contributed by atoms with Gasteiger partial charge in [-0.3, -0.25) is 4.99 Å². The van der Waals surface area contributed by atoms with Crippen LogP contribution in [0.2, 0.25) is 5.02 Å². The highest BCUT2D eigenvalue weighted by Gasteiger charge is 2.19. The topological polar surface area (TPSA) is 44.9 Å². The Morgan fingerprint density at radius 2 is 1.88 bits per heavy atom. The highest BCUT2D eigenvalue weighted by atomic mass is 35.5. The van der Waals surface area contributed by atoms with Gasteiger partial charge in [-0.25, -0.2) is 0 Å². The van der Waals surface area contributed by atoms with Crippen LogP contribution in [0.15, 0.2) is 51.9 Å². The van der Waals surface area contributed by atoms with Crippen molar-refractivity contribution in [1.82, 2.24) is 9.88 Å². The van der Waals surface area contributed by atoms with Gasteiger partial charge in [0.1, 0.15) is 5.52 Å². The summed E-state index contributed by atoms with van der Waals surface area (Å²) < 4.78 is 5.95. The van der Waals surface area contributed by atoms with Gasteiger partial charge in [0, 0.05) is 38.5 Å². The Morgan fingerprint density at radius 1 is 1.12 bits per heavy atom. The van der Waals surface area contributed by atoms with Crippen molar-refractivity contribution in [3.8, 4) is 0 Å². The summed E-state index contributed by atoms with van der Waals surface area (Å²) in [5, 5.41) is 0.568. The van der Waals surface area contributed by atoms with Crippen LogP contribution in [0.5, 0.6) is 0 Å². The summed E-state index contributed by atoms with van der Waals surface area (Å²) in [7, 11) is 2.13. The summed E-state index contributed by atoms with van der Waals surface area (Å²) in [4.78, 5) is 13.5. The second-order valence-electron chi connectivity index (χ2n) is 6.23. The molecular formula is C19H19ClN4O. The van der Waals surface area contributed by atoms with E-state index >= 15 is 0 Å². The standard InChI is InChI=1S/C19H19ClN4O/c1-23-7-9-24(10-8-23)19-22-17-11-15(20)16(12-18(17)25-19)21-13-14-5-3-2-4-6-14/h2-6,11-13H,7-10H2,1H3/b21-13+. The zero-order valence-corrected chi connectivity index (χ0v) is 14.8. The first-order chi connectivity index (χ1) is 12.2. The molecule has 0 aliphatic carbocycles. The molecule has 0 N–H and O–H groups in total. The molecule has 3 aromatic rings. The second kappa shape index (κ2) is 6.86. The number of oxazole rings is 1. The van der Waals surface area contributed by atoms with E-state index in [1.165, 1.54) is 0 Å². The summed E-state index contributed by atoms with van der Waals surface area (Å²) in [6.45, 7) is 3.84. The maximum atomic E-state index is 6.37. The summed E-state index contributed by atoms with van der Waals surface area (Å²) in [5.74, 6) is 0.